The SMILES string of the molecule is COCCOCCNC(=O)C(C)Br. The van der Waals surface area contributed by atoms with Gasteiger partial charge < -0.3 is 14.8 Å². The molecule has 5 heteroatoms. The quantitative estimate of drug-likeness (QED) is 0.533. The highest BCUT2D eigenvalue weighted by atomic mass is 79.9. The molecule has 0 fully saturated rings. The molecule has 1 amide bonds. The van der Waals surface area contributed by atoms with Gasteiger partial charge in [-0.15, -0.1) is 0 Å². The Morgan fingerprint density at radius 1 is 1.46 bits per heavy atom. The van der Waals surface area contributed by atoms with Gasteiger partial charge in [-0.2, -0.15) is 0 Å². The highest BCUT2D eigenvalue weighted by molar-refractivity contribution is 9.10. The highest BCUT2D eigenvalue weighted by Crippen LogP contribution is 1.95. The predicted molar refractivity (Wildman–Crippen MR) is 54.1 cm³/mol. The van der Waals surface area contributed by atoms with E-state index in [0.29, 0.717) is 26.4 Å². The summed E-state index contributed by atoms with van der Waals surface area (Å²) in [5.74, 6) is -0.0182. The number of nitrogens with one attached hydrogen (secondary N) is 1. The van der Waals surface area contributed by atoms with Crippen LogP contribution < -0.4 is 5.32 Å². The van der Waals surface area contributed by atoms with Gasteiger partial charge in [0.1, 0.15) is 0 Å². The summed E-state index contributed by atoms with van der Waals surface area (Å²) in [5.41, 5.74) is 0. The first-order valence-corrected chi connectivity index (χ1v) is 5.08. The van der Waals surface area contributed by atoms with Crippen LogP contribution in [0.25, 0.3) is 0 Å². The van der Waals surface area contributed by atoms with E-state index in [-0.39, 0.29) is 10.7 Å². The zero-order valence-corrected chi connectivity index (χ0v) is 9.59. The van der Waals surface area contributed by atoms with Crippen LogP contribution >= 0.6 is 15.9 Å². The Hall–Kier alpha value is -0.130. The average Bonchev–Trinajstić information content (AvgIpc) is 2.10. The molecule has 0 aromatic heterocycles. The summed E-state index contributed by atoms with van der Waals surface area (Å²) >= 11 is 3.16. The number of ether oxygens (including phenoxy) is 2. The van der Waals surface area contributed by atoms with Crippen molar-refractivity contribution < 1.29 is 14.3 Å². The van der Waals surface area contributed by atoms with Crippen molar-refractivity contribution in [3.8, 4) is 0 Å². The van der Waals surface area contributed by atoms with E-state index in [1.165, 1.54) is 0 Å². The molecule has 1 unspecified atom stereocenters. The minimum Gasteiger partial charge on any atom is -0.382 e. The third-order valence-electron chi connectivity index (χ3n) is 1.34. The van der Waals surface area contributed by atoms with Crippen molar-refractivity contribution in [2.75, 3.05) is 33.5 Å². The topological polar surface area (TPSA) is 47.6 Å². The molecule has 0 aliphatic rings. The predicted octanol–water partition coefficient (Wildman–Crippen LogP) is 0.549. The van der Waals surface area contributed by atoms with Crippen LogP contribution in [-0.2, 0) is 14.3 Å². The Kier molecular flexibility index (Phi) is 8.38. The highest BCUT2D eigenvalue weighted by Gasteiger charge is 2.06. The summed E-state index contributed by atoms with van der Waals surface area (Å²) in [5, 5.41) is 2.71. The number of carbonyl (C=O) groups is 1. The second-order valence-electron chi connectivity index (χ2n) is 2.51. The average molecular weight is 254 g/mol. The fourth-order valence-electron chi connectivity index (χ4n) is 0.631. The maximum Gasteiger partial charge on any atom is 0.233 e. The lowest BCUT2D eigenvalue weighted by molar-refractivity contribution is -0.120. The van der Waals surface area contributed by atoms with Crippen molar-refractivity contribution in [1.82, 2.24) is 5.32 Å². The van der Waals surface area contributed by atoms with Crippen LogP contribution in [-0.4, -0.2) is 44.2 Å². The molecule has 0 radical (unpaired) electrons. The monoisotopic (exact) mass is 253 g/mol. The van der Waals surface area contributed by atoms with Crippen LogP contribution in [0.3, 0.4) is 0 Å². The molecule has 1 atom stereocenters. The number of methoxy groups -OCH3 is 1. The number of rotatable bonds is 7. The Labute approximate surface area is 87.1 Å². The van der Waals surface area contributed by atoms with Gasteiger partial charge in [0.25, 0.3) is 0 Å². The van der Waals surface area contributed by atoms with E-state index in [2.05, 4.69) is 21.2 Å². The second kappa shape index (κ2) is 8.47. The van der Waals surface area contributed by atoms with E-state index in [9.17, 15) is 4.79 Å². The van der Waals surface area contributed by atoms with Crippen molar-refractivity contribution in [3.63, 3.8) is 0 Å². The fourth-order valence-corrected chi connectivity index (χ4v) is 0.793. The first-order valence-electron chi connectivity index (χ1n) is 4.17. The van der Waals surface area contributed by atoms with Crippen LogP contribution in [0.15, 0.2) is 0 Å². The Bertz CT molecular complexity index is 141. The number of alkyl halides is 1. The Balaban J connectivity index is 3.12. The van der Waals surface area contributed by atoms with Crippen LogP contribution in [0.5, 0.6) is 0 Å². The van der Waals surface area contributed by atoms with Gasteiger partial charge >= 0.3 is 0 Å². The number of carbonyl (C=O) groups excluding carboxylic acids is 1. The maximum absolute atomic E-state index is 11.0. The third-order valence-corrected chi connectivity index (χ3v) is 1.75. The number of hydrogen-bond donors (Lipinski definition) is 1. The molecule has 0 aliphatic carbocycles. The smallest absolute Gasteiger partial charge is 0.233 e. The first kappa shape index (κ1) is 12.9. The van der Waals surface area contributed by atoms with Crippen LogP contribution in [0.4, 0.5) is 0 Å². The summed E-state index contributed by atoms with van der Waals surface area (Å²) in [6.45, 7) is 3.99. The maximum atomic E-state index is 11.0. The zero-order valence-electron chi connectivity index (χ0n) is 8.01. The summed E-state index contributed by atoms with van der Waals surface area (Å²) in [4.78, 5) is 10.8. The summed E-state index contributed by atoms with van der Waals surface area (Å²) in [6, 6.07) is 0. The van der Waals surface area contributed by atoms with Crippen molar-refractivity contribution in [2.45, 2.75) is 11.8 Å². The van der Waals surface area contributed by atoms with Gasteiger partial charge in [0, 0.05) is 13.7 Å². The van der Waals surface area contributed by atoms with Crippen molar-refractivity contribution in [1.29, 1.82) is 0 Å². The fraction of sp³-hybridized carbons (Fsp3) is 0.875. The van der Waals surface area contributed by atoms with Gasteiger partial charge in [0.15, 0.2) is 0 Å². The summed E-state index contributed by atoms with van der Waals surface area (Å²) in [7, 11) is 1.62. The molecule has 0 saturated heterocycles. The summed E-state index contributed by atoms with van der Waals surface area (Å²) in [6.07, 6.45) is 0. The molecule has 78 valence electrons. The van der Waals surface area contributed by atoms with E-state index in [0.717, 1.165) is 0 Å². The number of hydrogen-bond acceptors (Lipinski definition) is 3. The molecule has 0 spiro atoms. The second-order valence-corrected chi connectivity index (χ2v) is 3.89. The zero-order chi connectivity index (χ0) is 10.1. The number of halogens is 1. The van der Waals surface area contributed by atoms with Crippen LogP contribution in [0.1, 0.15) is 6.92 Å². The molecule has 0 aromatic rings. The normalized spacial score (nSPS) is 12.5. The molecule has 4 nitrogen and oxygen atoms in total. The van der Waals surface area contributed by atoms with Crippen molar-refractivity contribution in [2.24, 2.45) is 0 Å². The van der Waals surface area contributed by atoms with Gasteiger partial charge in [0.05, 0.1) is 24.6 Å². The molecule has 0 rings (SSSR count). The molecule has 0 bridgehead atoms. The van der Waals surface area contributed by atoms with Crippen LogP contribution in [0.2, 0.25) is 0 Å². The Morgan fingerprint density at radius 3 is 2.69 bits per heavy atom. The van der Waals surface area contributed by atoms with E-state index in [1.807, 2.05) is 0 Å². The first-order chi connectivity index (χ1) is 6.18. The molecule has 1 N–H and O–H groups in total. The molecule has 0 aliphatic heterocycles. The number of amides is 1. The lowest BCUT2D eigenvalue weighted by Gasteiger charge is -2.06. The third kappa shape index (κ3) is 8.21. The van der Waals surface area contributed by atoms with Crippen molar-refractivity contribution in [3.05, 3.63) is 0 Å². The Morgan fingerprint density at radius 2 is 2.15 bits per heavy atom. The lowest BCUT2D eigenvalue weighted by atomic mass is 10.4. The van der Waals surface area contributed by atoms with Crippen LogP contribution in [0, 0.1) is 0 Å². The minimum absolute atomic E-state index is 0.0182. The molecule has 0 saturated carbocycles. The standard InChI is InChI=1S/C8H16BrNO3/c1-7(9)8(11)10-3-4-13-6-5-12-2/h7H,3-6H2,1-2H3,(H,10,11). The largest absolute Gasteiger partial charge is 0.382 e. The van der Waals surface area contributed by atoms with Gasteiger partial charge in [-0.25, -0.2) is 0 Å². The van der Waals surface area contributed by atoms with E-state index in [4.69, 9.17) is 9.47 Å². The van der Waals surface area contributed by atoms with Gasteiger partial charge in [-0.3, -0.25) is 4.79 Å². The molecule has 13 heavy (non-hydrogen) atoms. The lowest BCUT2D eigenvalue weighted by Crippen LogP contribution is -2.32. The van der Waals surface area contributed by atoms with Gasteiger partial charge in [-0.1, -0.05) is 15.9 Å². The molecule has 0 heterocycles. The molecular formula is C8H16BrNO3. The molecule has 0 aromatic carbocycles. The van der Waals surface area contributed by atoms with E-state index >= 15 is 0 Å². The van der Waals surface area contributed by atoms with Gasteiger partial charge in [0.2, 0.25) is 5.91 Å². The van der Waals surface area contributed by atoms with E-state index in [1.54, 1.807) is 14.0 Å². The molecular weight excluding hydrogens is 238 g/mol. The summed E-state index contributed by atoms with van der Waals surface area (Å²) < 4.78 is 9.94. The van der Waals surface area contributed by atoms with E-state index < -0.39 is 0 Å². The van der Waals surface area contributed by atoms with Gasteiger partial charge in [-0.05, 0) is 6.92 Å². The minimum atomic E-state index is -0.147. The van der Waals surface area contributed by atoms with Crippen molar-refractivity contribution >= 4 is 21.8 Å².